The molecule has 0 bridgehead atoms. The van der Waals surface area contributed by atoms with Crippen molar-refractivity contribution in [2.45, 2.75) is 70.6 Å². The number of likely N-dealkylation sites (tertiary alicyclic amines) is 1. The molecule has 6 nitrogen and oxygen atoms in total. The number of piperidine rings is 1. The van der Waals surface area contributed by atoms with E-state index in [4.69, 9.17) is 9.47 Å². The van der Waals surface area contributed by atoms with E-state index in [1.165, 1.54) is 12.8 Å². The van der Waals surface area contributed by atoms with Gasteiger partial charge in [-0.1, -0.05) is 13.8 Å². The molecule has 0 aromatic heterocycles. The van der Waals surface area contributed by atoms with Crippen molar-refractivity contribution in [1.82, 2.24) is 9.62 Å². The summed E-state index contributed by atoms with van der Waals surface area (Å²) in [5.41, 5.74) is 0. The molecular weight excluding hydrogens is 364 g/mol. The number of ether oxygens (including phenoxy) is 2. The Morgan fingerprint density at radius 2 is 1.93 bits per heavy atom. The molecule has 0 aromatic rings. The fraction of sp³-hybridized carbons (Fsp3) is 0.950. The van der Waals surface area contributed by atoms with Crippen molar-refractivity contribution in [3.63, 3.8) is 0 Å². The SMILES string of the molecule is CC(C)C1CCC(OCC2C(NS(C)=O)CCCN2C(=O)C2COC2)CC1. The molecule has 0 spiro atoms. The molecule has 1 amide bonds. The lowest BCUT2D eigenvalue weighted by Crippen LogP contribution is -2.60. The summed E-state index contributed by atoms with van der Waals surface area (Å²) in [5, 5.41) is 0. The Morgan fingerprint density at radius 1 is 1.22 bits per heavy atom. The van der Waals surface area contributed by atoms with E-state index in [0.29, 0.717) is 25.9 Å². The minimum atomic E-state index is -1.10. The van der Waals surface area contributed by atoms with E-state index < -0.39 is 11.0 Å². The number of hydrogen-bond donors (Lipinski definition) is 1. The fourth-order valence-corrected chi connectivity index (χ4v) is 5.36. The molecule has 1 saturated carbocycles. The molecule has 0 radical (unpaired) electrons. The summed E-state index contributed by atoms with van der Waals surface area (Å²) < 4.78 is 26.5. The van der Waals surface area contributed by atoms with Gasteiger partial charge in [-0.3, -0.25) is 4.79 Å². The van der Waals surface area contributed by atoms with E-state index in [1.54, 1.807) is 6.26 Å². The van der Waals surface area contributed by atoms with Gasteiger partial charge >= 0.3 is 0 Å². The Balaban J connectivity index is 1.59. The zero-order valence-corrected chi connectivity index (χ0v) is 17.8. The van der Waals surface area contributed by atoms with Crippen LogP contribution in [0.25, 0.3) is 0 Å². The molecule has 1 N–H and O–H groups in total. The molecule has 27 heavy (non-hydrogen) atoms. The van der Waals surface area contributed by atoms with Crippen LogP contribution >= 0.6 is 0 Å². The van der Waals surface area contributed by atoms with Crippen molar-refractivity contribution in [3.05, 3.63) is 0 Å². The maximum absolute atomic E-state index is 12.9. The van der Waals surface area contributed by atoms with Crippen molar-refractivity contribution < 1.29 is 18.5 Å². The zero-order valence-electron chi connectivity index (χ0n) is 17.0. The van der Waals surface area contributed by atoms with Crippen LogP contribution in [0.2, 0.25) is 0 Å². The van der Waals surface area contributed by atoms with Gasteiger partial charge in [-0.15, -0.1) is 0 Å². The summed E-state index contributed by atoms with van der Waals surface area (Å²) in [4.78, 5) is 14.9. The van der Waals surface area contributed by atoms with Gasteiger partial charge in [0.05, 0.1) is 48.9 Å². The molecule has 3 rings (SSSR count). The molecule has 1 aliphatic carbocycles. The van der Waals surface area contributed by atoms with Crippen molar-refractivity contribution in [3.8, 4) is 0 Å². The Morgan fingerprint density at radius 3 is 2.48 bits per heavy atom. The van der Waals surface area contributed by atoms with Gasteiger partial charge in [0.2, 0.25) is 5.91 Å². The number of carbonyl (C=O) groups is 1. The maximum Gasteiger partial charge on any atom is 0.230 e. The van der Waals surface area contributed by atoms with Crippen LogP contribution in [0.1, 0.15) is 52.4 Å². The van der Waals surface area contributed by atoms with Crippen LogP contribution < -0.4 is 4.72 Å². The summed E-state index contributed by atoms with van der Waals surface area (Å²) in [6.45, 7) is 6.97. The van der Waals surface area contributed by atoms with E-state index >= 15 is 0 Å². The second kappa shape index (κ2) is 9.81. The van der Waals surface area contributed by atoms with Gasteiger partial charge in [0.1, 0.15) is 0 Å². The lowest BCUT2D eigenvalue weighted by atomic mass is 9.80. The highest BCUT2D eigenvalue weighted by Gasteiger charge is 2.40. The molecule has 2 saturated heterocycles. The quantitative estimate of drug-likeness (QED) is 0.711. The van der Waals surface area contributed by atoms with Crippen LogP contribution in [0.3, 0.4) is 0 Å². The molecule has 3 fully saturated rings. The van der Waals surface area contributed by atoms with Crippen molar-refractivity contribution in [2.24, 2.45) is 17.8 Å². The molecule has 3 atom stereocenters. The van der Waals surface area contributed by atoms with E-state index in [2.05, 4.69) is 18.6 Å². The number of amides is 1. The van der Waals surface area contributed by atoms with E-state index in [-0.39, 0.29) is 23.9 Å². The first-order valence-corrected chi connectivity index (χ1v) is 12.1. The summed E-state index contributed by atoms with van der Waals surface area (Å²) in [6, 6.07) is -0.0138. The van der Waals surface area contributed by atoms with Crippen molar-refractivity contribution in [2.75, 3.05) is 32.6 Å². The number of nitrogens with zero attached hydrogens (tertiary/aromatic N) is 1. The van der Waals surface area contributed by atoms with Crippen LogP contribution in [-0.2, 0) is 25.3 Å². The minimum absolute atomic E-state index is 0.0140. The van der Waals surface area contributed by atoms with Crippen LogP contribution in [-0.4, -0.2) is 65.8 Å². The third-order valence-electron chi connectivity index (χ3n) is 6.53. The monoisotopic (exact) mass is 400 g/mol. The van der Waals surface area contributed by atoms with E-state index in [1.807, 2.05) is 4.90 Å². The standard InChI is InChI=1S/C20H36N2O4S/c1-14(2)15-6-8-17(9-7-15)26-13-19-18(21-27(3)24)5-4-10-22(19)20(23)16-11-25-12-16/h14-19,21H,4-13H2,1-3H3. The Hall–Kier alpha value is -0.500. The minimum Gasteiger partial charge on any atom is -0.380 e. The Labute approximate surface area is 166 Å². The molecule has 156 valence electrons. The van der Waals surface area contributed by atoms with Gasteiger partial charge < -0.3 is 14.4 Å². The molecule has 3 unspecified atom stereocenters. The molecule has 3 aliphatic rings. The topological polar surface area (TPSA) is 67.9 Å². The average molecular weight is 401 g/mol. The fourth-order valence-electron chi connectivity index (χ4n) is 4.66. The summed E-state index contributed by atoms with van der Waals surface area (Å²) >= 11 is 0. The highest BCUT2D eigenvalue weighted by Crippen LogP contribution is 2.32. The van der Waals surface area contributed by atoms with Crippen molar-refractivity contribution >= 4 is 16.9 Å². The molecule has 7 heteroatoms. The second-order valence-corrected chi connectivity index (χ2v) is 9.91. The first kappa shape index (κ1) is 21.2. The zero-order chi connectivity index (χ0) is 19.4. The third kappa shape index (κ3) is 5.52. The highest BCUT2D eigenvalue weighted by atomic mass is 32.2. The molecule has 2 heterocycles. The maximum atomic E-state index is 12.9. The van der Waals surface area contributed by atoms with Gasteiger partial charge in [-0.25, -0.2) is 8.93 Å². The van der Waals surface area contributed by atoms with Gasteiger partial charge in [-0.05, 0) is 50.4 Å². The predicted molar refractivity (Wildman–Crippen MR) is 107 cm³/mol. The lowest BCUT2D eigenvalue weighted by molar-refractivity contribution is -0.157. The second-order valence-electron chi connectivity index (χ2n) is 8.77. The summed E-state index contributed by atoms with van der Waals surface area (Å²) in [6.07, 6.45) is 8.49. The highest BCUT2D eigenvalue weighted by molar-refractivity contribution is 7.82. The van der Waals surface area contributed by atoms with Crippen molar-refractivity contribution in [1.29, 1.82) is 0 Å². The van der Waals surface area contributed by atoms with E-state index in [0.717, 1.165) is 44.1 Å². The normalized spacial score (nSPS) is 33.7. The van der Waals surface area contributed by atoms with Crippen LogP contribution in [0.4, 0.5) is 0 Å². The molecule has 2 aliphatic heterocycles. The Kier molecular flexibility index (Phi) is 7.71. The van der Waals surface area contributed by atoms with Gasteiger partial charge in [0, 0.05) is 18.8 Å². The summed E-state index contributed by atoms with van der Waals surface area (Å²) in [7, 11) is -1.10. The third-order valence-corrected chi connectivity index (χ3v) is 7.17. The van der Waals surface area contributed by atoms with Crippen LogP contribution in [0, 0.1) is 17.8 Å². The number of rotatable bonds is 7. The van der Waals surface area contributed by atoms with Gasteiger partial charge in [0.15, 0.2) is 0 Å². The number of carbonyl (C=O) groups excluding carboxylic acids is 1. The van der Waals surface area contributed by atoms with E-state index in [9.17, 15) is 9.00 Å². The Bertz CT molecular complexity index is 518. The van der Waals surface area contributed by atoms with Gasteiger partial charge in [0.25, 0.3) is 0 Å². The number of hydrogen-bond acceptors (Lipinski definition) is 4. The average Bonchev–Trinajstić information content (AvgIpc) is 2.58. The summed E-state index contributed by atoms with van der Waals surface area (Å²) in [5.74, 6) is 1.72. The van der Waals surface area contributed by atoms with Crippen LogP contribution in [0.15, 0.2) is 0 Å². The predicted octanol–water partition coefficient (Wildman–Crippen LogP) is 2.11. The number of nitrogens with one attached hydrogen (secondary N) is 1. The largest absolute Gasteiger partial charge is 0.380 e. The lowest BCUT2D eigenvalue weighted by Gasteiger charge is -2.44. The first-order valence-electron chi connectivity index (χ1n) is 10.5. The molecule has 0 aromatic carbocycles. The smallest absolute Gasteiger partial charge is 0.230 e. The first-order chi connectivity index (χ1) is 13.0. The molecular formula is C20H36N2O4S. The van der Waals surface area contributed by atoms with Gasteiger partial charge in [-0.2, -0.15) is 0 Å². The van der Waals surface area contributed by atoms with Crippen LogP contribution in [0.5, 0.6) is 0 Å².